The predicted molar refractivity (Wildman–Crippen MR) is 124 cm³/mol. The Morgan fingerprint density at radius 2 is 1.79 bits per heavy atom. The zero-order valence-corrected chi connectivity index (χ0v) is 18.9. The second-order valence-corrected chi connectivity index (χ2v) is 8.36. The number of nitrogens with one attached hydrogen (secondary N) is 1. The molecule has 1 fully saturated rings. The summed E-state index contributed by atoms with van der Waals surface area (Å²) in [6.07, 6.45) is 5.45. The Morgan fingerprint density at radius 3 is 2.50 bits per heavy atom. The fourth-order valence-electron chi connectivity index (χ4n) is 4.49. The standard InChI is InChI=1S/C26H26N2O6/c1-31-20-11-8-17(9-12-20)24(25(29)27-18-5-2-3-6-18)28(26(30)22-7-4-14-32-22)19-10-13-21-23(15-19)34-16-33-21/h4,7-15,18,24H,2-3,5-6,16H2,1H3,(H,27,29)/t24-/m1/s1. The third-order valence-corrected chi connectivity index (χ3v) is 6.22. The molecule has 0 bridgehead atoms. The van der Waals surface area contributed by atoms with Crippen LogP contribution in [0.4, 0.5) is 5.69 Å². The highest BCUT2D eigenvalue weighted by molar-refractivity contribution is 6.08. The fraction of sp³-hybridized carbons (Fsp3) is 0.308. The van der Waals surface area contributed by atoms with Gasteiger partial charge in [0.25, 0.3) is 5.91 Å². The van der Waals surface area contributed by atoms with Crippen LogP contribution >= 0.6 is 0 Å². The minimum Gasteiger partial charge on any atom is -0.497 e. The van der Waals surface area contributed by atoms with Gasteiger partial charge in [-0.25, -0.2) is 0 Å². The van der Waals surface area contributed by atoms with E-state index in [1.165, 1.54) is 11.2 Å². The minimum atomic E-state index is -0.940. The molecule has 1 aromatic heterocycles. The van der Waals surface area contributed by atoms with Crippen molar-refractivity contribution in [3.63, 3.8) is 0 Å². The average Bonchev–Trinajstić information content (AvgIpc) is 3.64. The van der Waals surface area contributed by atoms with Gasteiger partial charge >= 0.3 is 0 Å². The summed E-state index contributed by atoms with van der Waals surface area (Å²) in [6, 6.07) is 14.7. The molecule has 3 aromatic rings. The molecule has 8 nitrogen and oxygen atoms in total. The number of carbonyl (C=O) groups is 2. The highest BCUT2D eigenvalue weighted by Gasteiger charge is 2.36. The molecule has 1 aliphatic carbocycles. The molecule has 2 aromatic carbocycles. The van der Waals surface area contributed by atoms with Gasteiger partial charge in [0.15, 0.2) is 17.3 Å². The Bertz CT molecular complexity index is 1150. The van der Waals surface area contributed by atoms with E-state index in [9.17, 15) is 9.59 Å². The lowest BCUT2D eigenvalue weighted by molar-refractivity contribution is -0.123. The molecule has 0 saturated heterocycles. The number of fused-ring (bicyclic) bond motifs is 1. The molecule has 0 spiro atoms. The lowest BCUT2D eigenvalue weighted by atomic mass is 10.0. The summed E-state index contributed by atoms with van der Waals surface area (Å²) >= 11 is 0. The number of nitrogens with zero attached hydrogens (tertiary/aromatic N) is 1. The van der Waals surface area contributed by atoms with Gasteiger partial charge in [-0.05, 0) is 54.8 Å². The first-order valence-corrected chi connectivity index (χ1v) is 11.3. The maximum Gasteiger partial charge on any atom is 0.294 e. The van der Waals surface area contributed by atoms with E-state index in [1.807, 2.05) is 0 Å². The molecule has 2 amide bonds. The number of methoxy groups -OCH3 is 1. The van der Waals surface area contributed by atoms with Gasteiger partial charge in [0, 0.05) is 17.8 Å². The van der Waals surface area contributed by atoms with Crippen molar-refractivity contribution in [2.45, 2.75) is 37.8 Å². The number of carbonyl (C=O) groups excluding carboxylic acids is 2. The molecular formula is C26H26N2O6. The molecule has 34 heavy (non-hydrogen) atoms. The Kier molecular flexibility index (Phi) is 6.12. The Hall–Kier alpha value is -3.94. The Labute approximate surface area is 197 Å². The molecule has 0 radical (unpaired) electrons. The van der Waals surface area contributed by atoms with Crippen LogP contribution in [0.5, 0.6) is 17.2 Å². The van der Waals surface area contributed by atoms with Crippen molar-refractivity contribution < 1.29 is 28.2 Å². The zero-order chi connectivity index (χ0) is 23.5. The fourth-order valence-corrected chi connectivity index (χ4v) is 4.49. The number of ether oxygens (including phenoxy) is 3. The first-order valence-electron chi connectivity index (χ1n) is 11.3. The van der Waals surface area contributed by atoms with E-state index >= 15 is 0 Å². The van der Waals surface area contributed by atoms with Crippen molar-refractivity contribution in [3.05, 3.63) is 72.2 Å². The number of rotatable bonds is 7. The number of furan rings is 1. The smallest absolute Gasteiger partial charge is 0.294 e. The Morgan fingerprint density at radius 1 is 1.03 bits per heavy atom. The van der Waals surface area contributed by atoms with Crippen LogP contribution in [0, 0.1) is 0 Å². The molecule has 176 valence electrons. The molecule has 2 heterocycles. The largest absolute Gasteiger partial charge is 0.497 e. The van der Waals surface area contributed by atoms with Crippen LogP contribution < -0.4 is 24.4 Å². The highest BCUT2D eigenvalue weighted by Crippen LogP contribution is 2.39. The van der Waals surface area contributed by atoms with Crippen LogP contribution in [0.1, 0.15) is 47.8 Å². The van der Waals surface area contributed by atoms with Crippen LogP contribution in [0.25, 0.3) is 0 Å². The molecule has 1 aliphatic heterocycles. The molecule has 1 N–H and O–H groups in total. The maximum atomic E-state index is 13.8. The van der Waals surface area contributed by atoms with Crippen molar-refractivity contribution in [3.8, 4) is 17.2 Å². The van der Waals surface area contributed by atoms with E-state index < -0.39 is 11.9 Å². The van der Waals surface area contributed by atoms with Gasteiger partial charge in [-0.1, -0.05) is 25.0 Å². The van der Waals surface area contributed by atoms with Crippen molar-refractivity contribution in [1.82, 2.24) is 5.32 Å². The summed E-state index contributed by atoms with van der Waals surface area (Å²) in [5.74, 6) is 1.20. The minimum absolute atomic E-state index is 0.0885. The number of anilines is 1. The van der Waals surface area contributed by atoms with Crippen molar-refractivity contribution in [2.24, 2.45) is 0 Å². The van der Waals surface area contributed by atoms with Gasteiger partial charge in [-0.2, -0.15) is 0 Å². The third-order valence-electron chi connectivity index (χ3n) is 6.22. The lowest BCUT2D eigenvalue weighted by Gasteiger charge is -2.32. The van der Waals surface area contributed by atoms with Gasteiger partial charge in [-0.3, -0.25) is 14.5 Å². The molecular weight excluding hydrogens is 436 g/mol. The second kappa shape index (κ2) is 9.51. The van der Waals surface area contributed by atoms with E-state index in [-0.39, 0.29) is 24.5 Å². The maximum absolute atomic E-state index is 13.8. The van der Waals surface area contributed by atoms with Gasteiger partial charge in [0.2, 0.25) is 12.7 Å². The van der Waals surface area contributed by atoms with Gasteiger partial charge < -0.3 is 23.9 Å². The van der Waals surface area contributed by atoms with Crippen molar-refractivity contribution in [1.29, 1.82) is 0 Å². The van der Waals surface area contributed by atoms with Gasteiger partial charge in [0.1, 0.15) is 11.8 Å². The first-order chi connectivity index (χ1) is 16.6. The van der Waals surface area contributed by atoms with E-state index in [0.29, 0.717) is 28.5 Å². The van der Waals surface area contributed by atoms with E-state index in [1.54, 1.807) is 61.7 Å². The molecule has 8 heteroatoms. The first kappa shape index (κ1) is 21.9. The number of hydrogen-bond acceptors (Lipinski definition) is 6. The summed E-state index contributed by atoms with van der Waals surface area (Å²) in [6.45, 7) is 0.106. The lowest BCUT2D eigenvalue weighted by Crippen LogP contribution is -2.46. The third kappa shape index (κ3) is 4.31. The topological polar surface area (TPSA) is 90.2 Å². The molecule has 2 aliphatic rings. The van der Waals surface area contributed by atoms with E-state index in [0.717, 1.165) is 25.7 Å². The summed E-state index contributed by atoms with van der Waals surface area (Å²) in [4.78, 5) is 28.9. The average molecular weight is 463 g/mol. The molecule has 0 unspecified atom stereocenters. The number of amides is 2. The Balaban J connectivity index is 1.60. The van der Waals surface area contributed by atoms with Crippen LogP contribution in [-0.4, -0.2) is 31.8 Å². The SMILES string of the molecule is COc1ccc([C@H](C(=O)NC2CCCC2)N(C(=O)c2ccco2)c2ccc3c(c2)OCO3)cc1. The number of benzene rings is 2. The second-order valence-electron chi connectivity index (χ2n) is 8.36. The monoisotopic (exact) mass is 462 g/mol. The van der Waals surface area contributed by atoms with Gasteiger partial charge in [-0.15, -0.1) is 0 Å². The summed E-state index contributed by atoms with van der Waals surface area (Å²) in [7, 11) is 1.58. The molecule has 1 saturated carbocycles. The molecule has 5 rings (SSSR count). The summed E-state index contributed by atoms with van der Waals surface area (Å²) in [5.41, 5.74) is 1.14. The van der Waals surface area contributed by atoms with Gasteiger partial charge in [0.05, 0.1) is 13.4 Å². The van der Waals surface area contributed by atoms with Crippen LogP contribution in [-0.2, 0) is 4.79 Å². The van der Waals surface area contributed by atoms with Crippen molar-refractivity contribution >= 4 is 17.5 Å². The molecule has 1 atom stereocenters. The van der Waals surface area contributed by atoms with Crippen LogP contribution in [0.3, 0.4) is 0 Å². The zero-order valence-electron chi connectivity index (χ0n) is 18.9. The quantitative estimate of drug-likeness (QED) is 0.557. The van der Waals surface area contributed by atoms with Crippen LogP contribution in [0.15, 0.2) is 65.3 Å². The summed E-state index contributed by atoms with van der Waals surface area (Å²) in [5, 5.41) is 3.16. The highest BCUT2D eigenvalue weighted by atomic mass is 16.7. The normalized spacial score (nSPS) is 15.7. The number of hydrogen-bond donors (Lipinski definition) is 1. The van der Waals surface area contributed by atoms with Crippen LogP contribution in [0.2, 0.25) is 0 Å². The predicted octanol–water partition coefficient (Wildman–Crippen LogP) is 4.46. The summed E-state index contributed by atoms with van der Waals surface area (Å²) < 4.78 is 21.7. The van der Waals surface area contributed by atoms with E-state index in [2.05, 4.69) is 5.32 Å². The van der Waals surface area contributed by atoms with E-state index in [4.69, 9.17) is 18.6 Å². The van der Waals surface area contributed by atoms with Crippen molar-refractivity contribution in [2.75, 3.05) is 18.8 Å².